The van der Waals surface area contributed by atoms with E-state index in [1.165, 1.54) is 0 Å². The average molecular weight is 299 g/mol. The van der Waals surface area contributed by atoms with E-state index < -0.39 is 0 Å². The van der Waals surface area contributed by atoms with Gasteiger partial charge in [0.1, 0.15) is 5.75 Å². The Morgan fingerprint density at radius 2 is 1.95 bits per heavy atom. The third kappa shape index (κ3) is 2.70. The zero-order chi connectivity index (χ0) is 15.5. The highest BCUT2D eigenvalue weighted by Crippen LogP contribution is 2.35. The molecule has 0 saturated heterocycles. The summed E-state index contributed by atoms with van der Waals surface area (Å²) in [6.07, 6.45) is 0.273. The Bertz CT molecular complexity index is 699. The lowest BCUT2D eigenvalue weighted by molar-refractivity contribution is -0.117. The average Bonchev–Trinajstić information content (AvgIpc) is 3.02. The van der Waals surface area contributed by atoms with Gasteiger partial charge in [0.15, 0.2) is 11.5 Å². The van der Waals surface area contributed by atoms with Gasteiger partial charge in [-0.1, -0.05) is 18.2 Å². The van der Waals surface area contributed by atoms with E-state index in [2.05, 4.69) is 0 Å². The summed E-state index contributed by atoms with van der Waals surface area (Å²) in [6.45, 7) is 0.220. The summed E-state index contributed by atoms with van der Waals surface area (Å²) >= 11 is 0. The van der Waals surface area contributed by atoms with Crippen LogP contribution in [0.5, 0.6) is 17.2 Å². The highest BCUT2D eigenvalue weighted by molar-refractivity contribution is 5.94. The Hall–Kier alpha value is -2.69. The van der Waals surface area contributed by atoms with Crippen molar-refractivity contribution in [2.24, 2.45) is 0 Å². The Morgan fingerprint density at radius 3 is 2.77 bits per heavy atom. The number of hydrogen-bond acceptors (Lipinski definition) is 4. The SMILES string of the molecule is COc1ccccc1CC(=O)N(C)c1ccc2c(c1)OCO2. The molecule has 5 heteroatoms. The molecule has 0 bridgehead atoms. The number of fused-ring (bicyclic) bond motifs is 1. The quantitative estimate of drug-likeness (QED) is 0.871. The minimum absolute atomic E-state index is 0.0247. The van der Waals surface area contributed by atoms with Crippen LogP contribution in [-0.4, -0.2) is 26.9 Å². The molecular formula is C17H17NO4. The lowest BCUT2D eigenvalue weighted by Gasteiger charge is -2.18. The number of amides is 1. The molecule has 0 aromatic heterocycles. The fraction of sp³-hybridized carbons (Fsp3) is 0.235. The van der Waals surface area contributed by atoms with E-state index in [-0.39, 0.29) is 19.1 Å². The maximum Gasteiger partial charge on any atom is 0.231 e. The number of carbonyl (C=O) groups excluding carboxylic acids is 1. The van der Waals surface area contributed by atoms with Gasteiger partial charge < -0.3 is 19.1 Å². The van der Waals surface area contributed by atoms with Crippen LogP contribution in [0.4, 0.5) is 5.69 Å². The molecule has 114 valence electrons. The zero-order valence-electron chi connectivity index (χ0n) is 12.5. The molecule has 0 unspecified atom stereocenters. The molecular weight excluding hydrogens is 282 g/mol. The van der Waals surface area contributed by atoms with E-state index in [0.717, 1.165) is 17.0 Å². The maximum atomic E-state index is 12.5. The van der Waals surface area contributed by atoms with E-state index in [1.807, 2.05) is 42.5 Å². The summed E-state index contributed by atoms with van der Waals surface area (Å²) in [5.41, 5.74) is 1.63. The monoisotopic (exact) mass is 299 g/mol. The number of likely N-dealkylation sites (N-methyl/N-ethyl adjacent to an activating group) is 1. The minimum atomic E-state index is -0.0247. The van der Waals surface area contributed by atoms with Crippen molar-refractivity contribution in [3.63, 3.8) is 0 Å². The molecule has 0 spiro atoms. The Kier molecular flexibility index (Phi) is 3.87. The van der Waals surface area contributed by atoms with E-state index in [0.29, 0.717) is 11.5 Å². The summed E-state index contributed by atoms with van der Waals surface area (Å²) in [7, 11) is 3.35. The van der Waals surface area contributed by atoms with Crippen LogP contribution in [0, 0.1) is 0 Å². The van der Waals surface area contributed by atoms with Crippen molar-refractivity contribution < 1.29 is 19.0 Å². The number of para-hydroxylation sites is 1. The van der Waals surface area contributed by atoms with Gasteiger partial charge in [0.25, 0.3) is 0 Å². The Labute approximate surface area is 129 Å². The Morgan fingerprint density at radius 1 is 1.18 bits per heavy atom. The second-order valence-electron chi connectivity index (χ2n) is 4.98. The van der Waals surface area contributed by atoms with Crippen LogP contribution >= 0.6 is 0 Å². The first-order valence-corrected chi connectivity index (χ1v) is 6.97. The first-order valence-electron chi connectivity index (χ1n) is 6.97. The first kappa shape index (κ1) is 14.3. The number of ether oxygens (including phenoxy) is 3. The standard InChI is InChI=1S/C17H17NO4/c1-18(13-7-8-15-16(10-13)22-11-21-15)17(19)9-12-5-3-4-6-14(12)20-2/h3-8,10H,9,11H2,1-2H3. The van der Waals surface area contributed by atoms with Crippen LogP contribution in [0.25, 0.3) is 0 Å². The summed E-state index contributed by atoms with van der Waals surface area (Å²) < 4.78 is 15.9. The van der Waals surface area contributed by atoms with Crippen molar-refractivity contribution >= 4 is 11.6 Å². The number of carbonyl (C=O) groups is 1. The summed E-state index contributed by atoms with van der Waals surface area (Å²) in [5.74, 6) is 2.06. The van der Waals surface area contributed by atoms with Gasteiger partial charge in [-0.2, -0.15) is 0 Å². The van der Waals surface area contributed by atoms with Crippen LogP contribution in [0.3, 0.4) is 0 Å². The van der Waals surface area contributed by atoms with Gasteiger partial charge in [-0.05, 0) is 18.2 Å². The van der Waals surface area contributed by atoms with Crippen LogP contribution in [0.2, 0.25) is 0 Å². The first-order chi connectivity index (χ1) is 10.7. The third-order valence-corrected chi connectivity index (χ3v) is 3.65. The molecule has 1 aliphatic heterocycles. The number of nitrogens with zero attached hydrogens (tertiary/aromatic N) is 1. The molecule has 0 aliphatic carbocycles. The predicted molar refractivity (Wildman–Crippen MR) is 82.7 cm³/mol. The topological polar surface area (TPSA) is 48.0 Å². The fourth-order valence-corrected chi connectivity index (χ4v) is 2.37. The van der Waals surface area contributed by atoms with E-state index in [4.69, 9.17) is 14.2 Å². The number of anilines is 1. The molecule has 5 nitrogen and oxygen atoms in total. The van der Waals surface area contributed by atoms with Crippen molar-refractivity contribution in [1.82, 2.24) is 0 Å². The van der Waals surface area contributed by atoms with Crippen LogP contribution in [0.1, 0.15) is 5.56 Å². The van der Waals surface area contributed by atoms with Crippen molar-refractivity contribution in [3.05, 3.63) is 48.0 Å². The third-order valence-electron chi connectivity index (χ3n) is 3.65. The van der Waals surface area contributed by atoms with Crippen LogP contribution < -0.4 is 19.1 Å². The molecule has 0 saturated carbocycles. The smallest absolute Gasteiger partial charge is 0.231 e. The summed E-state index contributed by atoms with van der Waals surface area (Å²) in [5, 5.41) is 0. The van der Waals surface area contributed by atoms with Gasteiger partial charge in [-0.25, -0.2) is 0 Å². The van der Waals surface area contributed by atoms with Gasteiger partial charge in [-0.3, -0.25) is 4.79 Å². The van der Waals surface area contributed by atoms with Gasteiger partial charge >= 0.3 is 0 Å². The highest BCUT2D eigenvalue weighted by Gasteiger charge is 2.18. The summed E-state index contributed by atoms with van der Waals surface area (Å²) in [4.78, 5) is 14.1. The van der Waals surface area contributed by atoms with Crippen molar-refractivity contribution in [2.75, 3.05) is 25.9 Å². The van der Waals surface area contributed by atoms with E-state index in [1.54, 1.807) is 19.1 Å². The minimum Gasteiger partial charge on any atom is -0.496 e. The molecule has 0 radical (unpaired) electrons. The number of methoxy groups -OCH3 is 1. The molecule has 2 aromatic rings. The number of rotatable bonds is 4. The highest BCUT2D eigenvalue weighted by atomic mass is 16.7. The van der Waals surface area contributed by atoms with Gasteiger partial charge in [0, 0.05) is 24.4 Å². The van der Waals surface area contributed by atoms with Gasteiger partial charge in [0.05, 0.1) is 13.5 Å². The van der Waals surface area contributed by atoms with Crippen molar-refractivity contribution in [1.29, 1.82) is 0 Å². The molecule has 3 rings (SSSR count). The molecule has 1 aliphatic rings. The molecule has 0 fully saturated rings. The second kappa shape index (κ2) is 5.97. The molecule has 0 N–H and O–H groups in total. The second-order valence-corrected chi connectivity index (χ2v) is 4.98. The molecule has 1 amide bonds. The van der Waals surface area contributed by atoms with Crippen LogP contribution in [-0.2, 0) is 11.2 Å². The molecule has 22 heavy (non-hydrogen) atoms. The lowest BCUT2D eigenvalue weighted by Crippen LogP contribution is -2.27. The molecule has 1 heterocycles. The van der Waals surface area contributed by atoms with Gasteiger partial charge in [-0.15, -0.1) is 0 Å². The van der Waals surface area contributed by atoms with Crippen molar-refractivity contribution in [2.45, 2.75) is 6.42 Å². The number of benzene rings is 2. The van der Waals surface area contributed by atoms with Gasteiger partial charge in [0.2, 0.25) is 12.7 Å². The van der Waals surface area contributed by atoms with E-state index in [9.17, 15) is 4.79 Å². The largest absolute Gasteiger partial charge is 0.496 e. The zero-order valence-corrected chi connectivity index (χ0v) is 12.5. The van der Waals surface area contributed by atoms with E-state index >= 15 is 0 Å². The fourth-order valence-electron chi connectivity index (χ4n) is 2.37. The normalized spacial score (nSPS) is 12.1. The molecule has 0 atom stereocenters. The summed E-state index contributed by atoms with van der Waals surface area (Å²) in [6, 6.07) is 13.0. The molecule has 2 aromatic carbocycles. The van der Waals surface area contributed by atoms with Crippen molar-refractivity contribution in [3.8, 4) is 17.2 Å². The lowest BCUT2D eigenvalue weighted by atomic mass is 10.1. The maximum absolute atomic E-state index is 12.5. The van der Waals surface area contributed by atoms with Crippen LogP contribution in [0.15, 0.2) is 42.5 Å². The Balaban J connectivity index is 1.77. The number of hydrogen-bond donors (Lipinski definition) is 0. The predicted octanol–water partition coefficient (Wildman–Crippen LogP) is 2.63.